The van der Waals surface area contributed by atoms with Crippen LogP contribution in [0, 0.1) is 5.92 Å². The molecule has 2 fully saturated rings. The van der Waals surface area contributed by atoms with E-state index in [4.69, 9.17) is 11.6 Å². The number of halogens is 1. The van der Waals surface area contributed by atoms with Gasteiger partial charge >= 0.3 is 0 Å². The topological polar surface area (TPSA) is 41.1 Å². The summed E-state index contributed by atoms with van der Waals surface area (Å²) < 4.78 is 0. The Morgan fingerprint density at radius 1 is 1.29 bits per heavy atom. The van der Waals surface area contributed by atoms with Gasteiger partial charge in [-0.15, -0.1) is 0 Å². The highest BCUT2D eigenvalue weighted by molar-refractivity contribution is 6.30. The van der Waals surface area contributed by atoms with E-state index in [-0.39, 0.29) is 17.2 Å². The minimum absolute atomic E-state index is 0.127. The number of amides is 1. The number of carbonyl (C=O) groups excluding carboxylic acids is 1. The third-order valence-electron chi connectivity index (χ3n) is 5.04. The number of benzene rings is 1. The van der Waals surface area contributed by atoms with Crippen molar-refractivity contribution in [2.75, 3.05) is 19.6 Å². The van der Waals surface area contributed by atoms with Gasteiger partial charge in [-0.1, -0.05) is 30.2 Å². The molecule has 1 atom stereocenters. The van der Waals surface area contributed by atoms with Gasteiger partial charge in [0.2, 0.25) is 5.91 Å². The van der Waals surface area contributed by atoms with Crippen LogP contribution < -0.4 is 10.6 Å². The first-order valence-electron chi connectivity index (χ1n) is 7.94. The molecular formula is C17H23ClN2O. The highest BCUT2D eigenvalue weighted by atomic mass is 35.5. The van der Waals surface area contributed by atoms with Crippen LogP contribution in [0.1, 0.15) is 37.7 Å². The molecule has 0 radical (unpaired) electrons. The van der Waals surface area contributed by atoms with Gasteiger partial charge in [-0.25, -0.2) is 0 Å². The Morgan fingerprint density at radius 2 is 2.05 bits per heavy atom. The first-order chi connectivity index (χ1) is 10.2. The monoisotopic (exact) mass is 306 g/mol. The zero-order valence-electron chi connectivity index (χ0n) is 12.3. The van der Waals surface area contributed by atoms with E-state index in [1.54, 1.807) is 0 Å². The first kappa shape index (κ1) is 14.9. The quantitative estimate of drug-likeness (QED) is 0.898. The number of nitrogens with one attached hydrogen (secondary N) is 2. The van der Waals surface area contributed by atoms with Crippen LogP contribution in [-0.4, -0.2) is 25.5 Å². The van der Waals surface area contributed by atoms with Crippen molar-refractivity contribution in [2.45, 2.75) is 37.5 Å². The number of rotatable bonds is 4. The number of piperidine rings is 1. The average Bonchev–Trinajstić information content (AvgIpc) is 2.48. The van der Waals surface area contributed by atoms with Crippen LogP contribution in [0.3, 0.4) is 0 Å². The lowest BCUT2D eigenvalue weighted by Gasteiger charge is -2.43. The third kappa shape index (κ3) is 3.24. The molecule has 4 heteroatoms. The lowest BCUT2D eigenvalue weighted by Crippen LogP contribution is -2.48. The summed E-state index contributed by atoms with van der Waals surface area (Å²) in [6, 6.07) is 8.11. The molecule has 1 aliphatic carbocycles. The Labute approximate surface area is 131 Å². The minimum Gasteiger partial charge on any atom is -0.355 e. The van der Waals surface area contributed by atoms with Crippen LogP contribution in [0.2, 0.25) is 5.02 Å². The van der Waals surface area contributed by atoms with Gasteiger partial charge in [-0.2, -0.15) is 0 Å². The van der Waals surface area contributed by atoms with Crippen molar-refractivity contribution in [1.29, 1.82) is 0 Å². The molecule has 1 amide bonds. The highest BCUT2D eigenvalue weighted by Crippen LogP contribution is 2.43. The number of carbonyl (C=O) groups is 1. The summed E-state index contributed by atoms with van der Waals surface area (Å²) >= 11 is 5.98. The van der Waals surface area contributed by atoms with Gasteiger partial charge in [0.25, 0.3) is 0 Å². The van der Waals surface area contributed by atoms with Crippen LogP contribution in [0.5, 0.6) is 0 Å². The Bertz CT molecular complexity index is 490. The predicted octanol–water partition coefficient (Wildman–Crippen LogP) is 2.88. The van der Waals surface area contributed by atoms with E-state index in [2.05, 4.69) is 22.8 Å². The van der Waals surface area contributed by atoms with Gasteiger partial charge in [0.1, 0.15) is 0 Å². The third-order valence-corrected chi connectivity index (χ3v) is 5.29. The van der Waals surface area contributed by atoms with Crippen molar-refractivity contribution in [3.8, 4) is 0 Å². The summed E-state index contributed by atoms with van der Waals surface area (Å²) in [5.41, 5.74) is 1.43. The molecule has 1 heterocycles. The molecule has 21 heavy (non-hydrogen) atoms. The summed E-state index contributed by atoms with van der Waals surface area (Å²) in [6.45, 7) is 2.61. The lowest BCUT2D eigenvalue weighted by molar-refractivity contribution is -0.125. The lowest BCUT2D eigenvalue weighted by atomic mass is 9.64. The summed E-state index contributed by atoms with van der Waals surface area (Å²) in [5, 5.41) is 7.27. The zero-order chi connectivity index (χ0) is 14.7. The molecule has 1 unspecified atom stereocenters. The van der Waals surface area contributed by atoms with Crippen LogP contribution in [0.15, 0.2) is 24.3 Å². The van der Waals surface area contributed by atoms with Crippen LogP contribution >= 0.6 is 11.6 Å². The largest absolute Gasteiger partial charge is 0.355 e. The van der Waals surface area contributed by atoms with Crippen LogP contribution in [0.25, 0.3) is 0 Å². The van der Waals surface area contributed by atoms with E-state index in [0.717, 1.165) is 50.3 Å². The normalized spacial score (nSPS) is 24.1. The van der Waals surface area contributed by atoms with E-state index >= 15 is 0 Å². The molecule has 1 saturated heterocycles. The van der Waals surface area contributed by atoms with Gasteiger partial charge in [0.05, 0.1) is 5.92 Å². The molecule has 2 aliphatic rings. The van der Waals surface area contributed by atoms with Crippen molar-refractivity contribution in [3.63, 3.8) is 0 Å². The van der Waals surface area contributed by atoms with Gasteiger partial charge < -0.3 is 10.6 Å². The predicted molar refractivity (Wildman–Crippen MR) is 85.6 cm³/mol. The van der Waals surface area contributed by atoms with Gasteiger partial charge in [0.15, 0.2) is 0 Å². The average molecular weight is 307 g/mol. The molecule has 1 saturated carbocycles. The number of hydrogen-bond acceptors (Lipinski definition) is 2. The van der Waals surface area contributed by atoms with E-state index in [1.807, 2.05) is 12.1 Å². The Hall–Kier alpha value is -1.06. The molecule has 3 rings (SSSR count). The van der Waals surface area contributed by atoms with Gasteiger partial charge in [-0.05, 0) is 49.9 Å². The molecule has 1 aliphatic heterocycles. The standard InChI is InChI=1S/C17H23ClN2O/c18-15-6-4-14(5-7-15)17(8-2-9-17)12-20-16(21)13-3-1-10-19-11-13/h4-7,13,19H,1-3,8-12H2,(H,20,21). The molecule has 1 aromatic rings. The van der Waals surface area contributed by atoms with E-state index in [1.165, 1.54) is 12.0 Å². The minimum atomic E-state index is 0.127. The number of hydrogen-bond donors (Lipinski definition) is 2. The fourth-order valence-corrected chi connectivity index (χ4v) is 3.58. The van der Waals surface area contributed by atoms with Crippen molar-refractivity contribution in [3.05, 3.63) is 34.9 Å². The van der Waals surface area contributed by atoms with Crippen LogP contribution in [0.4, 0.5) is 0 Å². The Balaban J connectivity index is 1.61. The van der Waals surface area contributed by atoms with Gasteiger partial charge in [0, 0.05) is 23.5 Å². The molecule has 114 valence electrons. The van der Waals surface area contributed by atoms with Crippen LogP contribution in [-0.2, 0) is 10.2 Å². The maximum Gasteiger partial charge on any atom is 0.224 e. The van der Waals surface area contributed by atoms with Crippen molar-refractivity contribution in [2.24, 2.45) is 5.92 Å². The summed E-state index contributed by atoms with van der Waals surface area (Å²) in [6.07, 6.45) is 5.65. The van der Waals surface area contributed by atoms with E-state index in [0.29, 0.717) is 0 Å². The SMILES string of the molecule is O=C(NCC1(c2ccc(Cl)cc2)CCC1)C1CCCNC1. The molecule has 0 spiro atoms. The fourth-order valence-electron chi connectivity index (χ4n) is 3.45. The summed E-state index contributed by atoms with van der Waals surface area (Å²) in [5.74, 6) is 0.350. The molecular weight excluding hydrogens is 284 g/mol. The Morgan fingerprint density at radius 3 is 2.62 bits per heavy atom. The van der Waals surface area contributed by atoms with Crippen molar-refractivity contribution < 1.29 is 4.79 Å². The highest BCUT2D eigenvalue weighted by Gasteiger charge is 2.39. The van der Waals surface area contributed by atoms with Crippen molar-refractivity contribution >= 4 is 17.5 Å². The summed E-state index contributed by atoms with van der Waals surface area (Å²) in [7, 11) is 0. The Kier molecular flexibility index (Phi) is 4.51. The molecule has 3 nitrogen and oxygen atoms in total. The second kappa shape index (κ2) is 6.37. The zero-order valence-corrected chi connectivity index (χ0v) is 13.1. The first-order valence-corrected chi connectivity index (χ1v) is 8.32. The second-order valence-corrected chi connectivity index (χ2v) is 6.84. The smallest absolute Gasteiger partial charge is 0.224 e. The fraction of sp³-hybridized carbons (Fsp3) is 0.588. The molecule has 0 bridgehead atoms. The maximum absolute atomic E-state index is 12.3. The maximum atomic E-state index is 12.3. The van der Waals surface area contributed by atoms with E-state index < -0.39 is 0 Å². The van der Waals surface area contributed by atoms with Crippen molar-refractivity contribution in [1.82, 2.24) is 10.6 Å². The van der Waals surface area contributed by atoms with E-state index in [9.17, 15) is 4.79 Å². The second-order valence-electron chi connectivity index (χ2n) is 6.40. The summed E-state index contributed by atoms with van der Waals surface area (Å²) in [4.78, 5) is 12.3. The molecule has 1 aromatic carbocycles. The molecule has 0 aromatic heterocycles. The van der Waals surface area contributed by atoms with Gasteiger partial charge in [-0.3, -0.25) is 4.79 Å². The molecule has 2 N–H and O–H groups in total.